The Balaban J connectivity index is 1.42. The van der Waals surface area contributed by atoms with Crippen LogP contribution in [-0.2, 0) is 11.2 Å². The lowest BCUT2D eigenvalue weighted by molar-refractivity contribution is -0.125. The minimum atomic E-state index is 0.0776. The number of hydrogen-bond donors (Lipinski definition) is 1. The molecule has 0 aliphatic carbocycles. The van der Waals surface area contributed by atoms with Gasteiger partial charge in [-0.15, -0.1) is 0 Å². The predicted octanol–water partition coefficient (Wildman–Crippen LogP) is 3.96. The van der Waals surface area contributed by atoms with E-state index in [9.17, 15) is 4.79 Å². The van der Waals surface area contributed by atoms with E-state index in [2.05, 4.69) is 15.2 Å². The molecule has 1 N–H and O–H groups in total. The lowest BCUT2D eigenvalue weighted by Gasteiger charge is -2.32. The van der Waals surface area contributed by atoms with Crippen LogP contribution in [0, 0.1) is 5.92 Å². The highest BCUT2D eigenvalue weighted by molar-refractivity contribution is 6.30. The van der Waals surface area contributed by atoms with Crippen LogP contribution >= 0.6 is 23.2 Å². The maximum atomic E-state index is 12.3. The zero-order valence-electron chi connectivity index (χ0n) is 13.9. The normalized spacial score (nSPS) is 15.2. The maximum absolute atomic E-state index is 12.3. The van der Waals surface area contributed by atoms with Gasteiger partial charge in [-0.05, 0) is 49.1 Å². The number of nitrogens with zero attached hydrogens (tertiary/aromatic N) is 2. The van der Waals surface area contributed by atoms with Crippen molar-refractivity contribution in [3.8, 4) is 0 Å². The molecule has 1 aromatic carbocycles. The molecule has 2 heterocycles. The number of nitrogens with one attached hydrogen (secondary N) is 1. The number of anilines is 1. The summed E-state index contributed by atoms with van der Waals surface area (Å²) in [5.41, 5.74) is 1.17. The third-order valence-corrected chi connectivity index (χ3v) is 5.00. The number of amides is 1. The summed E-state index contributed by atoms with van der Waals surface area (Å²) in [5, 5.41) is 4.42. The van der Waals surface area contributed by atoms with Crippen molar-refractivity contribution in [2.45, 2.75) is 19.3 Å². The molecule has 2 aromatic rings. The van der Waals surface area contributed by atoms with Crippen LogP contribution in [0.1, 0.15) is 18.4 Å². The van der Waals surface area contributed by atoms with Crippen molar-refractivity contribution in [2.24, 2.45) is 5.92 Å². The zero-order valence-corrected chi connectivity index (χ0v) is 15.4. The van der Waals surface area contributed by atoms with Gasteiger partial charge in [0.05, 0.1) is 5.02 Å². The van der Waals surface area contributed by atoms with Crippen LogP contribution in [-0.4, -0.2) is 30.5 Å². The summed E-state index contributed by atoms with van der Waals surface area (Å²) in [6.45, 7) is 2.33. The van der Waals surface area contributed by atoms with Gasteiger partial charge in [0.25, 0.3) is 0 Å². The Kier molecular flexibility index (Phi) is 6.16. The third kappa shape index (κ3) is 5.10. The van der Waals surface area contributed by atoms with Crippen molar-refractivity contribution in [3.05, 3.63) is 58.2 Å². The molecule has 25 heavy (non-hydrogen) atoms. The minimum Gasteiger partial charge on any atom is -0.357 e. The van der Waals surface area contributed by atoms with E-state index in [0.717, 1.165) is 43.2 Å². The van der Waals surface area contributed by atoms with Crippen molar-refractivity contribution < 1.29 is 4.79 Å². The highest BCUT2D eigenvalue weighted by Crippen LogP contribution is 2.22. The molecule has 4 nitrogen and oxygen atoms in total. The van der Waals surface area contributed by atoms with E-state index in [1.165, 1.54) is 5.56 Å². The topological polar surface area (TPSA) is 45.2 Å². The van der Waals surface area contributed by atoms with Crippen LogP contribution in [0.2, 0.25) is 10.0 Å². The first-order chi connectivity index (χ1) is 12.1. The lowest BCUT2D eigenvalue weighted by Crippen LogP contribution is -2.41. The second-order valence-corrected chi connectivity index (χ2v) is 7.14. The van der Waals surface area contributed by atoms with E-state index >= 15 is 0 Å². The Bertz CT molecular complexity index is 696. The number of carbonyl (C=O) groups excluding carboxylic acids is 1. The Morgan fingerprint density at radius 2 is 1.76 bits per heavy atom. The molecular formula is C19H21Cl2N3O. The molecule has 0 atom stereocenters. The molecule has 1 aromatic heterocycles. The van der Waals surface area contributed by atoms with E-state index < -0.39 is 0 Å². The van der Waals surface area contributed by atoms with Gasteiger partial charge in [0.2, 0.25) is 5.91 Å². The fraction of sp³-hybridized carbons (Fsp3) is 0.368. The molecule has 1 aliphatic rings. The summed E-state index contributed by atoms with van der Waals surface area (Å²) < 4.78 is 0. The molecular weight excluding hydrogens is 357 g/mol. The number of aromatic nitrogens is 1. The van der Waals surface area contributed by atoms with E-state index in [1.807, 2.05) is 36.4 Å². The number of hydrogen-bond acceptors (Lipinski definition) is 3. The number of piperidine rings is 1. The molecule has 132 valence electrons. The molecule has 0 radical (unpaired) electrons. The van der Waals surface area contributed by atoms with E-state index in [-0.39, 0.29) is 11.8 Å². The Labute approximate surface area is 158 Å². The van der Waals surface area contributed by atoms with Crippen molar-refractivity contribution in [3.63, 3.8) is 0 Å². The van der Waals surface area contributed by atoms with Crippen LogP contribution in [0.3, 0.4) is 0 Å². The first-order valence-electron chi connectivity index (χ1n) is 8.50. The number of benzene rings is 1. The van der Waals surface area contributed by atoms with Crippen molar-refractivity contribution in [1.82, 2.24) is 10.3 Å². The average molecular weight is 378 g/mol. The minimum absolute atomic E-state index is 0.0776. The summed E-state index contributed by atoms with van der Waals surface area (Å²) in [7, 11) is 0. The maximum Gasteiger partial charge on any atom is 0.223 e. The molecule has 6 heteroatoms. The number of pyridine rings is 1. The summed E-state index contributed by atoms with van der Waals surface area (Å²) in [6.07, 6.45) is 4.16. The Morgan fingerprint density at radius 1 is 1.08 bits per heavy atom. The Hall–Kier alpha value is -1.78. The van der Waals surface area contributed by atoms with Crippen molar-refractivity contribution in [1.29, 1.82) is 0 Å². The highest BCUT2D eigenvalue weighted by Gasteiger charge is 2.25. The lowest BCUT2D eigenvalue weighted by atomic mass is 9.96. The number of halogens is 2. The molecule has 3 rings (SSSR count). The van der Waals surface area contributed by atoms with Gasteiger partial charge in [-0.25, -0.2) is 4.98 Å². The van der Waals surface area contributed by atoms with Gasteiger partial charge in [-0.3, -0.25) is 4.79 Å². The molecule has 0 bridgehead atoms. The molecule has 1 fully saturated rings. The molecule has 1 aliphatic heterocycles. The van der Waals surface area contributed by atoms with Gasteiger partial charge in [-0.1, -0.05) is 35.3 Å². The monoisotopic (exact) mass is 377 g/mol. The number of rotatable bonds is 5. The second-order valence-electron chi connectivity index (χ2n) is 6.26. The second kappa shape index (κ2) is 8.54. The molecule has 0 unspecified atom stereocenters. The summed E-state index contributed by atoms with van der Waals surface area (Å²) in [6, 6.07) is 11.5. The highest BCUT2D eigenvalue weighted by atomic mass is 35.5. The standard InChI is InChI=1S/C19H21Cl2N3O/c20-16-3-1-14(2-4-16)7-10-22-19(25)15-8-11-24(12-9-15)18-6-5-17(21)13-23-18/h1-6,13,15H,7-12H2,(H,22,25). The Morgan fingerprint density at radius 3 is 2.40 bits per heavy atom. The van der Waals surface area contributed by atoms with Crippen molar-refractivity contribution >= 4 is 34.9 Å². The first-order valence-corrected chi connectivity index (χ1v) is 9.26. The average Bonchev–Trinajstić information content (AvgIpc) is 2.64. The first kappa shape index (κ1) is 18.0. The number of carbonyl (C=O) groups is 1. The van der Waals surface area contributed by atoms with E-state index in [1.54, 1.807) is 6.20 Å². The van der Waals surface area contributed by atoms with E-state index in [4.69, 9.17) is 23.2 Å². The van der Waals surface area contributed by atoms with Gasteiger partial charge in [-0.2, -0.15) is 0 Å². The molecule has 0 spiro atoms. The van der Waals surface area contributed by atoms with Gasteiger partial charge in [0, 0.05) is 36.8 Å². The van der Waals surface area contributed by atoms with Crippen LogP contribution in [0.5, 0.6) is 0 Å². The largest absolute Gasteiger partial charge is 0.357 e. The van der Waals surface area contributed by atoms with Gasteiger partial charge in [0.15, 0.2) is 0 Å². The van der Waals surface area contributed by atoms with Crippen LogP contribution in [0.15, 0.2) is 42.6 Å². The van der Waals surface area contributed by atoms with E-state index in [0.29, 0.717) is 11.6 Å². The quantitative estimate of drug-likeness (QED) is 0.857. The summed E-state index contributed by atoms with van der Waals surface area (Å²) in [5.74, 6) is 1.15. The fourth-order valence-corrected chi connectivity index (χ4v) is 3.29. The van der Waals surface area contributed by atoms with Crippen LogP contribution in [0.4, 0.5) is 5.82 Å². The fourth-order valence-electron chi connectivity index (χ4n) is 3.05. The molecule has 1 amide bonds. The SMILES string of the molecule is O=C(NCCc1ccc(Cl)cc1)C1CCN(c2ccc(Cl)cn2)CC1. The zero-order chi connectivity index (χ0) is 17.6. The van der Waals surface area contributed by atoms with Crippen molar-refractivity contribution in [2.75, 3.05) is 24.5 Å². The van der Waals surface area contributed by atoms with Gasteiger partial charge in [0.1, 0.15) is 5.82 Å². The third-order valence-electron chi connectivity index (χ3n) is 4.53. The molecule has 1 saturated heterocycles. The summed E-state index contributed by atoms with van der Waals surface area (Å²) >= 11 is 11.8. The molecule has 0 saturated carbocycles. The van der Waals surface area contributed by atoms with Crippen LogP contribution in [0.25, 0.3) is 0 Å². The van der Waals surface area contributed by atoms with Gasteiger partial charge < -0.3 is 10.2 Å². The predicted molar refractivity (Wildman–Crippen MR) is 102 cm³/mol. The van der Waals surface area contributed by atoms with Crippen LogP contribution < -0.4 is 10.2 Å². The van der Waals surface area contributed by atoms with Gasteiger partial charge >= 0.3 is 0 Å². The smallest absolute Gasteiger partial charge is 0.223 e. The summed E-state index contributed by atoms with van der Waals surface area (Å²) in [4.78, 5) is 18.9.